The van der Waals surface area contributed by atoms with Gasteiger partial charge in [0.2, 0.25) is 10.0 Å². The summed E-state index contributed by atoms with van der Waals surface area (Å²) in [5.74, 6) is 0.516. The van der Waals surface area contributed by atoms with Crippen molar-refractivity contribution in [2.75, 3.05) is 7.11 Å². The second kappa shape index (κ2) is 6.73. The number of nitro benzene ring substituents is 1. The fourth-order valence-electron chi connectivity index (χ4n) is 2.58. The Hall–Kier alpha value is -2.98. The van der Waals surface area contributed by atoms with Gasteiger partial charge in [-0.2, -0.15) is 0 Å². The van der Waals surface area contributed by atoms with Crippen molar-refractivity contribution in [1.82, 2.24) is 14.3 Å². The Morgan fingerprint density at radius 2 is 2.00 bits per heavy atom. The maximum absolute atomic E-state index is 12.5. The number of ether oxygens (including phenoxy) is 1. The van der Waals surface area contributed by atoms with Crippen LogP contribution in [0.3, 0.4) is 0 Å². The molecule has 0 saturated heterocycles. The van der Waals surface area contributed by atoms with Crippen LogP contribution in [0, 0.1) is 10.1 Å². The van der Waals surface area contributed by atoms with Gasteiger partial charge < -0.3 is 9.30 Å². The number of sulfonamides is 1. The number of aromatic nitrogens is 2. The number of methoxy groups -OCH3 is 1. The monoisotopic (exact) mass is 376 g/mol. The van der Waals surface area contributed by atoms with Gasteiger partial charge in [-0.05, 0) is 24.3 Å². The van der Waals surface area contributed by atoms with Crippen LogP contribution in [0.25, 0.3) is 11.0 Å². The summed E-state index contributed by atoms with van der Waals surface area (Å²) in [4.78, 5) is 14.6. The summed E-state index contributed by atoms with van der Waals surface area (Å²) in [5.41, 5.74) is 1.21. The Morgan fingerprint density at radius 3 is 2.65 bits per heavy atom. The van der Waals surface area contributed by atoms with E-state index >= 15 is 0 Å². The van der Waals surface area contributed by atoms with Crippen molar-refractivity contribution < 1.29 is 18.1 Å². The molecular formula is C16H16N4O5S. The van der Waals surface area contributed by atoms with Crippen LogP contribution in [-0.2, 0) is 23.6 Å². The van der Waals surface area contributed by atoms with E-state index in [1.165, 1.54) is 19.2 Å². The maximum atomic E-state index is 12.5. The van der Waals surface area contributed by atoms with Gasteiger partial charge in [-0.25, -0.2) is 18.1 Å². The van der Waals surface area contributed by atoms with Gasteiger partial charge in [0, 0.05) is 13.1 Å². The van der Waals surface area contributed by atoms with Crippen LogP contribution >= 0.6 is 0 Å². The fraction of sp³-hybridized carbons (Fsp3) is 0.188. The van der Waals surface area contributed by atoms with Gasteiger partial charge in [0.15, 0.2) is 5.75 Å². The Balaban J connectivity index is 1.88. The van der Waals surface area contributed by atoms with E-state index in [-0.39, 0.29) is 17.2 Å². The molecule has 0 aliphatic rings. The van der Waals surface area contributed by atoms with Gasteiger partial charge in [0.05, 0.1) is 34.5 Å². The molecule has 136 valence electrons. The molecule has 0 atom stereocenters. The van der Waals surface area contributed by atoms with Gasteiger partial charge >= 0.3 is 5.69 Å². The highest BCUT2D eigenvalue weighted by Gasteiger charge is 2.22. The van der Waals surface area contributed by atoms with Crippen LogP contribution in [0.4, 0.5) is 5.69 Å². The number of benzene rings is 2. The van der Waals surface area contributed by atoms with Crippen molar-refractivity contribution >= 4 is 26.7 Å². The van der Waals surface area contributed by atoms with E-state index in [4.69, 9.17) is 4.74 Å². The van der Waals surface area contributed by atoms with Crippen LogP contribution in [0.15, 0.2) is 47.4 Å². The van der Waals surface area contributed by atoms with Gasteiger partial charge in [0.1, 0.15) is 5.82 Å². The number of aryl methyl sites for hydroxylation is 1. The lowest BCUT2D eigenvalue weighted by Gasteiger charge is -2.08. The van der Waals surface area contributed by atoms with Crippen molar-refractivity contribution in [3.8, 4) is 5.75 Å². The molecule has 0 unspecified atom stereocenters. The lowest BCUT2D eigenvalue weighted by molar-refractivity contribution is -0.386. The van der Waals surface area contributed by atoms with Gasteiger partial charge in [-0.3, -0.25) is 10.1 Å². The molecule has 0 radical (unpaired) electrons. The summed E-state index contributed by atoms with van der Waals surface area (Å²) in [6.45, 7) is -0.0483. The lowest BCUT2D eigenvalue weighted by Crippen LogP contribution is -2.24. The normalized spacial score (nSPS) is 11.6. The quantitative estimate of drug-likeness (QED) is 0.519. The highest BCUT2D eigenvalue weighted by Crippen LogP contribution is 2.29. The molecule has 3 aromatic rings. The molecule has 2 aromatic carbocycles. The third kappa shape index (κ3) is 3.24. The Morgan fingerprint density at radius 1 is 1.27 bits per heavy atom. The number of fused-ring (bicyclic) bond motifs is 1. The molecule has 0 aliphatic heterocycles. The third-order valence-electron chi connectivity index (χ3n) is 3.96. The first-order chi connectivity index (χ1) is 12.3. The topological polar surface area (TPSA) is 116 Å². The zero-order valence-corrected chi connectivity index (χ0v) is 14.9. The predicted molar refractivity (Wildman–Crippen MR) is 94.4 cm³/mol. The van der Waals surface area contributed by atoms with E-state index in [9.17, 15) is 18.5 Å². The molecule has 0 aliphatic carbocycles. The molecule has 9 nitrogen and oxygen atoms in total. The summed E-state index contributed by atoms with van der Waals surface area (Å²) in [6, 6.07) is 10.9. The molecule has 10 heteroatoms. The van der Waals surface area contributed by atoms with Crippen LogP contribution in [0.5, 0.6) is 5.75 Å². The molecule has 0 saturated carbocycles. The summed E-state index contributed by atoms with van der Waals surface area (Å²) >= 11 is 0. The number of rotatable bonds is 6. The molecule has 1 heterocycles. The molecule has 0 bridgehead atoms. The van der Waals surface area contributed by atoms with Crippen molar-refractivity contribution in [1.29, 1.82) is 0 Å². The number of imidazole rings is 1. The molecule has 1 aromatic heterocycles. The number of hydrogen-bond acceptors (Lipinski definition) is 6. The Bertz CT molecular complexity index is 1090. The number of nitro groups is 1. The maximum Gasteiger partial charge on any atom is 0.312 e. The fourth-order valence-corrected chi connectivity index (χ4v) is 3.58. The van der Waals surface area contributed by atoms with Crippen LogP contribution < -0.4 is 9.46 Å². The number of para-hydroxylation sites is 2. The average molecular weight is 376 g/mol. The molecule has 0 fully saturated rings. The van der Waals surface area contributed by atoms with E-state index < -0.39 is 20.6 Å². The minimum absolute atomic E-state index is 0.00991. The lowest BCUT2D eigenvalue weighted by atomic mass is 10.3. The Kier molecular flexibility index (Phi) is 4.62. The summed E-state index contributed by atoms with van der Waals surface area (Å²) < 4.78 is 34.1. The zero-order valence-electron chi connectivity index (χ0n) is 14.0. The number of nitrogens with one attached hydrogen (secondary N) is 1. The zero-order chi connectivity index (χ0) is 18.9. The largest absolute Gasteiger partial charge is 0.490 e. The SMILES string of the molecule is COc1ccc(S(=O)(=O)NCc2nc3ccccc3n2C)cc1[N+](=O)[O-]. The van der Waals surface area contributed by atoms with E-state index in [2.05, 4.69) is 9.71 Å². The Labute approximate surface area is 149 Å². The third-order valence-corrected chi connectivity index (χ3v) is 5.36. The van der Waals surface area contributed by atoms with Gasteiger partial charge in [0.25, 0.3) is 0 Å². The number of hydrogen-bond donors (Lipinski definition) is 1. The van der Waals surface area contributed by atoms with Crippen molar-refractivity contribution in [3.05, 3.63) is 58.4 Å². The van der Waals surface area contributed by atoms with Crippen LogP contribution in [0.1, 0.15) is 5.82 Å². The summed E-state index contributed by atoms with van der Waals surface area (Å²) in [6.07, 6.45) is 0. The second-order valence-electron chi connectivity index (χ2n) is 5.49. The number of nitrogens with zero attached hydrogens (tertiary/aromatic N) is 3. The van der Waals surface area contributed by atoms with Crippen molar-refractivity contribution in [3.63, 3.8) is 0 Å². The van der Waals surface area contributed by atoms with Gasteiger partial charge in [-0.15, -0.1) is 0 Å². The van der Waals surface area contributed by atoms with Crippen molar-refractivity contribution in [2.24, 2.45) is 7.05 Å². The van der Waals surface area contributed by atoms with E-state index in [0.717, 1.165) is 17.1 Å². The molecular weight excluding hydrogens is 360 g/mol. The summed E-state index contributed by atoms with van der Waals surface area (Å²) in [5, 5.41) is 11.1. The van der Waals surface area contributed by atoms with Crippen LogP contribution in [-0.4, -0.2) is 30.0 Å². The molecule has 1 N–H and O–H groups in total. The average Bonchev–Trinajstić information content (AvgIpc) is 2.95. The first-order valence-electron chi connectivity index (χ1n) is 7.56. The molecule has 26 heavy (non-hydrogen) atoms. The molecule has 3 rings (SSSR count). The van der Waals surface area contributed by atoms with E-state index in [0.29, 0.717) is 5.82 Å². The first kappa shape index (κ1) is 17.8. The standard InChI is InChI=1S/C16H16N4O5S/c1-19-13-6-4-3-5-12(13)18-16(19)10-17-26(23,24)11-7-8-15(25-2)14(9-11)20(21)22/h3-9,17H,10H2,1-2H3. The first-order valence-corrected chi connectivity index (χ1v) is 9.04. The molecule has 0 amide bonds. The van der Waals surface area contributed by atoms with E-state index in [1.807, 2.05) is 24.3 Å². The second-order valence-corrected chi connectivity index (χ2v) is 7.26. The molecule has 0 spiro atoms. The van der Waals surface area contributed by atoms with Gasteiger partial charge in [-0.1, -0.05) is 12.1 Å². The highest BCUT2D eigenvalue weighted by atomic mass is 32.2. The van der Waals surface area contributed by atoms with Crippen molar-refractivity contribution in [2.45, 2.75) is 11.4 Å². The van der Waals surface area contributed by atoms with E-state index in [1.54, 1.807) is 11.6 Å². The minimum Gasteiger partial charge on any atom is -0.490 e. The summed E-state index contributed by atoms with van der Waals surface area (Å²) in [7, 11) is -0.890. The minimum atomic E-state index is -3.96. The smallest absolute Gasteiger partial charge is 0.312 e. The predicted octanol–water partition coefficient (Wildman–Crippen LogP) is 1.97. The highest BCUT2D eigenvalue weighted by molar-refractivity contribution is 7.89. The van der Waals surface area contributed by atoms with Crippen LogP contribution in [0.2, 0.25) is 0 Å².